The van der Waals surface area contributed by atoms with E-state index < -0.39 is 5.91 Å². The van der Waals surface area contributed by atoms with Crippen LogP contribution in [0.15, 0.2) is 94.8 Å². The van der Waals surface area contributed by atoms with Crippen molar-refractivity contribution in [2.75, 3.05) is 6.61 Å². The van der Waals surface area contributed by atoms with Crippen LogP contribution in [0.25, 0.3) is 10.9 Å². The molecule has 0 bridgehead atoms. The molecule has 0 aliphatic rings. The first kappa shape index (κ1) is 20.9. The van der Waals surface area contributed by atoms with Gasteiger partial charge in [-0.3, -0.25) is 9.59 Å². The Morgan fingerprint density at radius 1 is 0.906 bits per heavy atom. The van der Waals surface area contributed by atoms with Crippen molar-refractivity contribution >= 4 is 23.0 Å². The van der Waals surface area contributed by atoms with Crippen molar-refractivity contribution in [3.05, 3.63) is 106 Å². The van der Waals surface area contributed by atoms with Crippen LogP contribution in [0.4, 0.5) is 0 Å². The minimum atomic E-state index is -0.442. The number of hydrogen-bond acceptors (Lipinski definition) is 5. The lowest BCUT2D eigenvalue weighted by Gasteiger charge is -2.08. The van der Waals surface area contributed by atoms with Crippen molar-refractivity contribution in [3.63, 3.8) is 0 Å². The Kier molecular flexibility index (Phi) is 6.57. The van der Waals surface area contributed by atoms with E-state index in [2.05, 4.69) is 15.5 Å². The summed E-state index contributed by atoms with van der Waals surface area (Å²) >= 11 is 0. The summed E-state index contributed by atoms with van der Waals surface area (Å²) < 4.78 is 11.2. The summed E-state index contributed by atoms with van der Waals surface area (Å²) in [6.45, 7) is 0.261. The van der Waals surface area contributed by atoms with Crippen LogP contribution < -0.4 is 20.5 Å². The Labute approximate surface area is 184 Å². The molecule has 1 amide bonds. The van der Waals surface area contributed by atoms with Gasteiger partial charge >= 0.3 is 0 Å². The van der Waals surface area contributed by atoms with Crippen molar-refractivity contribution in [2.45, 2.75) is 6.61 Å². The molecule has 1 aromatic heterocycles. The van der Waals surface area contributed by atoms with E-state index in [0.717, 1.165) is 16.5 Å². The van der Waals surface area contributed by atoms with Gasteiger partial charge in [0.15, 0.2) is 6.61 Å². The molecule has 0 unspecified atom stereocenters. The van der Waals surface area contributed by atoms with Crippen LogP contribution in [0.2, 0.25) is 0 Å². The number of amides is 1. The Morgan fingerprint density at radius 3 is 2.38 bits per heavy atom. The number of hydrogen-bond donors (Lipinski definition) is 2. The molecule has 0 atom stereocenters. The zero-order chi connectivity index (χ0) is 22.2. The summed E-state index contributed by atoms with van der Waals surface area (Å²) in [5, 5.41) is 4.72. The van der Waals surface area contributed by atoms with Crippen LogP contribution in [0.3, 0.4) is 0 Å². The number of nitrogens with zero attached hydrogens (tertiary/aromatic N) is 1. The molecule has 7 nitrogen and oxygen atoms in total. The number of H-pyrrole nitrogens is 1. The highest BCUT2D eigenvalue weighted by molar-refractivity contribution is 5.88. The summed E-state index contributed by atoms with van der Waals surface area (Å²) in [6.07, 6.45) is 1.31. The second-order valence-corrected chi connectivity index (χ2v) is 6.97. The van der Waals surface area contributed by atoms with Crippen molar-refractivity contribution in [3.8, 4) is 11.5 Å². The monoisotopic (exact) mass is 427 g/mol. The topological polar surface area (TPSA) is 92.8 Å². The van der Waals surface area contributed by atoms with Gasteiger partial charge in [0.05, 0.1) is 11.8 Å². The summed E-state index contributed by atoms with van der Waals surface area (Å²) in [6, 6.07) is 26.0. The van der Waals surface area contributed by atoms with Gasteiger partial charge in [0.1, 0.15) is 18.1 Å². The molecule has 7 heteroatoms. The number of para-hydroxylation sites is 1. The number of carbonyl (C=O) groups is 1. The van der Waals surface area contributed by atoms with Crippen LogP contribution in [0.5, 0.6) is 11.5 Å². The van der Waals surface area contributed by atoms with Crippen LogP contribution >= 0.6 is 0 Å². The fraction of sp³-hybridized carbons (Fsp3) is 0.0800. The fourth-order valence-corrected chi connectivity index (χ4v) is 2.99. The Hall–Kier alpha value is -4.39. The number of carbonyl (C=O) groups excluding carboxylic acids is 1. The Balaban J connectivity index is 1.25. The van der Waals surface area contributed by atoms with Gasteiger partial charge in [0, 0.05) is 5.52 Å². The van der Waals surface area contributed by atoms with Crippen LogP contribution in [0.1, 0.15) is 11.1 Å². The lowest BCUT2D eigenvalue weighted by Crippen LogP contribution is -2.25. The highest BCUT2D eigenvalue weighted by Gasteiger charge is 2.04. The van der Waals surface area contributed by atoms with E-state index in [4.69, 9.17) is 9.47 Å². The molecule has 1 heterocycles. The molecule has 0 radical (unpaired) electrons. The smallest absolute Gasteiger partial charge is 0.277 e. The van der Waals surface area contributed by atoms with Gasteiger partial charge in [-0.15, -0.1) is 0 Å². The molecule has 0 saturated heterocycles. The van der Waals surface area contributed by atoms with Crippen LogP contribution in [0, 0.1) is 0 Å². The summed E-state index contributed by atoms with van der Waals surface area (Å²) in [5.41, 5.74) is 4.23. The molecular formula is C25H21N3O4. The maximum atomic E-state index is 12.1. The molecule has 4 rings (SSSR count). The van der Waals surface area contributed by atoms with Crippen molar-refractivity contribution in [2.24, 2.45) is 5.10 Å². The number of pyridine rings is 1. The molecule has 0 fully saturated rings. The van der Waals surface area contributed by atoms with Gasteiger partial charge in [-0.2, -0.15) is 5.10 Å². The minimum Gasteiger partial charge on any atom is -0.489 e. The largest absolute Gasteiger partial charge is 0.489 e. The van der Waals surface area contributed by atoms with Gasteiger partial charge in [0.2, 0.25) is 0 Å². The van der Waals surface area contributed by atoms with E-state index in [-0.39, 0.29) is 12.2 Å². The molecule has 0 aliphatic heterocycles. The van der Waals surface area contributed by atoms with E-state index in [9.17, 15) is 9.59 Å². The van der Waals surface area contributed by atoms with Crippen LogP contribution in [-0.2, 0) is 11.4 Å². The summed E-state index contributed by atoms with van der Waals surface area (Å²) in [7, 11) is 0. The van der Waals surface area contributed by atoms with Crippen LogP contribution in [-0.4, -0.2) is 23.7 Å². The molecule has 0 spiro atoms. The molecule has 160 valence electrons. The molecule has 4 aromatic rings. The molecular weight excluding hydrogens is 406 g/mol. The number of nitrogens with one attached hydrogen (secondary N) is 2. The Bertz CT molecular complexity index is 1280. The molecule has 0 aliphatic carbocycles. The highest BCUT2D eigenvalue weighted by atomic mass is 16.5. The van der Waals surface area contributed by atoms with E-state index in [1.54, 1.807) is 30.3 Å². The second kappa shape index (κ2) is 10.1. The van der Waals surface area contributed by atoms with E-state index in [1.165, 1.54) is 6.21 Å². The third-order valence-electron chi connectivity index (χ3n) is 4.62. The molecule has 32 heavy (non-hydrogen) atoms. The standard InChI is InChI=1S/C25H21N3O4/c29-24(28-26-15-20-14-19-8-4-5-9-23(19)27-25(20)30)17-32-22-12-10-21(11-13-22)31-16-18-6-2-1-3-7-18/h1-15H,16-17H2,(H,27,30)(H,28,29)/b26-15-. The number of aromatic nitrogens is 1. The number of rotatable bonds is 8. The Morgan fingerprint density at radius 2 is 1.59 bits per heavy atom. The second-order valence-electron chi connectivity index (χ2n) is 6.97. The number of ether oxygens (including phenoxy) is 2. The van der Waals surface area contributed by atoms with Gasteiger partial charge in [-0.25, -0.2) is 5.43 Å². The summed E-state index contributed by atoms with van der Waals surface area (Å²) in [5.74, 6) is 0.792. The quantitative estimate of drug-likeness (QED) is 0.332. The predicted octanol–water partition coefficient (Wildman–Crippen LogP) is 3.64. The third-order valence-corrected chi connectivity index (χ3v) is 4.62. The maximum absolute atomic E-state index is 12.1. The average Bonchev–Trinajstić information content (AvgIpc) is 2.83. The lowest BCUT2D eigenvalue weighted by molar-refractivity contribution is -0.123. The minimum absolute atomic E-state index is 0.213. The van der Waals surface area contributed by atoms with E-state index >= 15 is 0 Å². The SMILES string of the molecule is O=C(COc1ccc(OCc2ccccc2)cc1)N/N=C\c1cc2ccccc2[nH]c1=O. The first-order valence-corrected chi connectivity index (χ1v) is 10.0. The van der Waals surface area contributed by atoms with Crippen molar-refractivity contribution in [1.29, 1.82) is 0 Å². The molecule has 0 saturated carbocycles. The van der Waals surface area contributed by atoms with E-state index in [0.29, 0.717) is 23.7 Å². The number of fused-ring (bicyclic) bond motifs is 1. The third kappa shape index (κ3) is 5.60. The van der Waals surface area contributed by atoms with E-state index in [1.807, 2.05) is 54.6 Å². The van der Waals surface area contributed by atoms with Gasteiger partial charge in [0.25, 0.3) is 11.5 Å². The van der Waals surface area contributed by atoms with Gasteiger partial charge < -0.3 is 14.5 Å². The zero-order valence-electron chi connectivity index (χ0n) is 17.2. The normalized spacial score (nSPS) is 10.9. The molecule has 2 N–H and O–H groups in total. The fourth-order valence-electron chi connectivity index (χ4n) is 2.99. The first-order chi connectivity index (χ1) is 15.7. The maximum Gasteiger partial charge on any atom is 0.277 e. The first-order valence-electron chi connectivity index (χ1n) is 10.0. The van der Waals surface area contributed by atoms with Gasteiger partial charge in [-0.1, -0.05) is 48.5 Å². The number of benzene rings is 3. The molecule has 3 aromatic carbocycles. The van der Waals surface area contributed by atoms with Crippen molar-refractivity contribution < 1.29 is 14.3 Å². The van der Waals surface area contributed by atoms with Gasteiger partial charge in [-0.05, 0) is 47.3 Å². The van der Waals surface area contributed by atoms with Crippen molar-refractivity contribution in [1.82, 2.24) is 10.4 Å². The summed E-state index contributed by atoms with van der Waals surface area (Å²) in [4.78, 5) is 26.8. The predicted molar refractivity (Wildman–Crippen MR) is 123 cm³/mol. The number of aromatic amines is 1. The number of hydrazone groups is 1. The zero-order valence-corrected chi connectivity index (χ0v) is 17.2. The average molecular weight is 427 g/mol. The lowest BCUT2D eigenvalue weighted by atomic mass is 10.2. The highest BCUT2D eigenvalue weighted by Crippen LogP contribution is 2.18.